The molecule has 0 aromatic carbocycles. The summed E-state index contributed by atoms with van der Waals surface area (Å²) in [6, 6.07) is 2.31. The second-order valence-electron chi connectivity index (χ2n) is 6.49. The minimum atomic E-state index is -2.84. The van der Waals surface area contributed by atoms with Crippen LogP contribution in [-0.2, 0) is 6.54 Å². The first-order valence-electron chi connectivity index (χ1n) is 8.84. The van der Waals surface area contributed by atoms with Gasteiger partial charge in [-0.3, -0.25) is 9.59 Å². The summed E-state index contributed by atoms with van der Waals surface area (Å²) in [5, 5.41) is 5.66. The zero-order chi connectivity index (χ0) is 21.0. The third-order valence-electron chi connectivity index (χ3n) is 4.25. The van der Waals surface area contributed by atoms with Crippen LogP contribution in [0.2, 0.25) is 4.34 Å². The zero-order valence-corrected chi connectivity index (χ0v) is 16.7. The smallest absolute Gasteiger partial charge is 0.286 e. The molecule has 1 aliphatic rings. The van der Waals surface area contributed by atoms with Crippen molar-refractivity contribution in [1.82, 2.24) is 9.88 Å². The van der Waals surface area contributed by atoms with E-state index in [-0.39, 0.29) is 16.5 Å². The van der Waals surface area contributed by atoms with E-state index in [0.717, 1.165) is 49.5 Å². The molecule has 10 heteroatoms. The number of rotatable bonds is 4. The largest absolute Gasteiger partial charge is 0.320 e. The van der Waals surface area contributed by atoms with E-state index in [1.54, 1.807) is 0 Å². The number of halogens is 4. The molecule has 5 nitrogen and oxygen atoms in total. The molecule has 29 heavy (non-hydrogen) atoms. The highest BCUT2D eigenvalue weighted by molar-refractivity contribution is 7.18. The summed E-state index contributed by atoms with van der Waals surface area (Å²) < 4.78 is 39.7. The van der Waals surface area contributed by atoms with Gasteiger partial charge in [0, 0.05) is 24.7 Å². The van der Waals surface area contributed by atoms with E-state index in [2.05, 4.69) is 22.5 Å². The van der Waals surface area contributed by atoms with Crippen molar-refractivity contribution in [3.63, 3.8) is 0 Å². The van der Waals surface area contributed by atoms with Gasteiger partial charge < -0.3 is 15.2 Å². The molecule has 0 bridgehead atoms. The quantitative estimate of drug-likeness (QED) is 0.710. The first-order chi connectivity index (χ1) is 13.8. The molecular weight excluding hydrogens is 427 g/mol. The molecule has 0 spiro atoms. The van der Waals surface area contributed by atoms with Crippen molar-refractivity contribution < 1.29 is 18.0 Å². The number of nitrogens with one attached hydrogen (secondary N) is 2. The van der Waals surface area contributed by atoms with Gasteiger partial charge >= 0.3 is 0 Å². The summed E-state index contributed by atoms with van der Waals surface area (Å²) in [5.41, 5.74) is -0.781. The van der Waals surface area contributed by atoms with Crippen LogP contribution < -0.4 is 16.2 Å². The third-order valence-corrected chi connectivity index (χ3v) is 5.61. The molecule has 2 aromatic heterocycles. The molecule has 0 radical (unpaired) electrons. The lowest BCUT2D eigenvalue weighted by molar-refractivity contribution is 0.103. The molecule has 0 aliphatic carbocycles. The maximum Gasteiger partial charge on any atom is 0.286 e. The molecule has 2 N–H and O–H groups in total. The Bertz CT molecular complexity index is 1020. The van der Waals surface area contributed by atoms with Crippen molar-refractivity contribution in [2.75, 3.05) is 18.4 Å². The minimum Gasteiger partial charge on any atom is -0.320 e. The van der Waals surface area contributed by atoms with Crippen molar-refractivity contribution in [2.45, 2.75) is 25.8 Å². The van der Waals surface area contributed by atoms with Crippen LogP contribution in [0.1, 0.15) is 28.1 Å². The maximum atomic E-state index is 13.7. The van der Waals surface area contributed by atoms with E-state index in [1.165, 1.54) is 6.07 Å². The number of amides is 1. The van der Waals surface area contributed by atoms with E-state index >= 15 is 0 Å². The first-order valence-corrected chi connectivity index (χ1v) is 10.0. The zero-order valence-electron chi connectivity index (χ0n) is 15.1. The molecule has 1 atom stereocenters. The highest BCUT2D eigenvalue weighted by atomic mass is 35.5. The van der Waals surface area contributed by atoms with Crippen LogP contribution in [0, 0.1) is 23.6 Å². The Morgan fingerprint density at radius 3 is 2.93 bits per heavy atom. The van der Waals surface area contributed by atoms with Gasteiger partial charge in [0.1, 0.15) is 4.34 Å². The normalized spacial score (nSPS) is 16.4. The predicted molar refractivity (Wildman–Crippen MR) is 106 cm³/mol. The van der Waals surface area contributed by atoms with E-state index in [9.17, 15) is 22.8 Å². The number of alkyl halides is 2. The Morgan fingerprint density at radius 1 is 1.45 bits per heavy atom. The Labute approximate surface area is 173 Å². The summed E-state index contributed by atoms with van der Waals surface area (Å²) in [5.74, 6) is 4.51. The molecule has 2 aromatic rings. The van der Waals surface area contributed by atoms with Crippen LogP contribution in [0.25, 0.3) is 0 Å². The van der Waals surface area contributed by atoms with Gasteiger partial charge in [-0.15, -0.1) is 11.3 Å². The fourth-order valence-electron chi connectivity index (χ4n) is 2.87. The molecule has 1 amide bonds. The summed E-state index contributed by atoms with van der Waals surface area (Å²) in [7, 11) is 0. The van der Waals surface area contributed by atoms with E-state index in [4.69, 9.17) is 11.6 Å². The van der Waals surface area contributed by atoms with Crippen LogP contribution in [-0.4, -0.2) is 30.0 Å². The number of hydrogen-bond donors (Lipinski definition) is 2. The molecule has 1 aliphatic heterocycles. The van der Waals surface area contributed by atoms with Crippen LogP contribution >= 0.6 is 22.9 Å². The maximum absolute atomic E-state index is 13.7. The second kappa shape index (κ2) is 9.48. The van der Waals surface area contributed by atoms with E-state index < -0.39 is 30.3 Å². The Hall–Kier alpha value is -2.28. The lowest BCUT2D eigenvalue weighted by Gasteiger charge is -2.17. The number of anilines is 1. The average Bonchev–Trinajstić information content (AvgIpc) is 3.05. The fourth-order valence-corrected chi connectivity index (χ4v) is 3.95. The summed E-state index contributed by atoms with van der Waals surface area (Å²) in [6.07, 6.45) is 0.181. The van der Waals surface area contributed by atoms with Crippen LogP contribution in [0.4, 0.5) is 18.9 Å². The Balaban J connectivity index is 1.75. The van der Waals surface area contributed by atoms with Crippen molar-refractivity contribution in [1.29, 1.82) is 0 Å². The number of aromatic nitrogens is 1. The van der Waals surface area contributed by atoms with Crippen LogP contribution in [0.3, 0.4) is 0 Å². The number of hydrogen-bond acceptors (Lipinski definition) is 4. The van der Waals surface area contributed by atoms with Gasteiger partial charge in [0.05, 0.1) is 22.7 Å². The summed E-state index contributed by atoms with van der Waals surface area (Å²) >= 11 is 7.17. The van der Waals surface area contributed by atoms with Gasteiger partial charge in [0.25, 0.3) is 17.9 Å². The highest BCUT2D eigenvalue weighted by Crippen LogP contribution is 2.28. The molecular formula is C19H17ClF3N3O2S. The number of nitrogens with zero attached hydrogens (tertiary/aromatic N) is 1. The Kier molecular flexibility index (Phi) is 7.00. The fraction of sp³-hybridized carbons (Fsp3) is 0.368. The average molecular weight is 444 g/mol. The van der Waals surface area contributed by atoms with Crippen LogP contribution in [0.15, 0.2) is 23.1 Å². The minimum absolute atomic E-state index is 0.113. The second-order valence-corrected chi connectivity index (χ2v) is 8.14. The molecule has 1 unspecified atom stereocenters. The van der Waals surface area contributed by atoms with Gasteiger partial charge in [-0.2, -0.15) is 0 Å². The number of pyridine rings is 1. The van der Waals surface area contributed by atoms with Gasteiger partial charge in [0.15, 0.2) is 5.82 Å². The highest BCUT2D eigenvalue weighted by Gasteiger charge is 2.16. The molecule has 1 fully saturated rings. The summed E-state index contributed by atoms with van der Waals surface area (Å²) in [4.78, 5) is 24.2. The van der Waals surface area contributed by atoms with E-state index in [1.807, 2.05) is 0 Å². The lowest BCUT2D eigenvalue weighted by Crippen LogP contribution is -2.28. The number of thiophene rings is 1. The number of carbonyl (C=O) groups is 1. The standard InChI is InChI=1S/C19H17ClF3N3O2S/c20-17-12(4-3-11-2-1-5-24-8-11)6-15(29-17)18(27)25-13-7-14(21)19(28)26(9-13)10-16(22)23/h6-7,9,11,16,24H,1-2,5,8,10H2,(H,25,27). The van der Waals surface area contributed by atoms with Gasteiger partial charge in [0.2, 0.25) is 0 Å². The molecule has 3 heterocycles. The Morgan fingerprint density at radius 2 is 2.24 bits per heavy atom. The summed E-state index contributed by atoms with van der Waals surface area (Å²) in [6.45, 7) is 0.814. The third kappa shape index (κ3) is 5.63. The topological polar surface area (TPSA) is 63.1 Å². The molecule has 3 rings (SSSR count). The van der Waals surface area contributed by atoms with Gasteiger partial charge in [-0.05, 0) is 25.5 Å². The monoisotopic (exact) mass is 443 g/mol. The number of piperidine rings is 1. The molecule has 0 saturated carbocycles. The lowest BCUT2D eigenvalue weighted by atomic mass is 10.0. The van der Waals surface area contributed by atoms with Gasteiger partial charge in [-0.25, -0.2) is 13.2 Å². The first kappa shape index (κ1) is 21.4. The van der Waals surface area contributed by atoms with Crippen molar-refractivity contribution in [3.8, 4) is 11.8 Å². The van der Waals surface area contributed by atoms with Crippen LogP contribution in [0.5, 0.6) is 0 Å². The predicted octanol–water partition coefficient (Wildman–Crippen LogP) is 3.57. The van der Waals surface area contributed by atoms with E-state index in [0.29, 0.717) is 14.5 Å². The van der Waals surface area contributed by atoms with Crippen molar-refractivity contribution in [2.24, 2.45) is 5.92 Å². The SMILES string of the molecule is O=C(Nc1cc(F)c(=O)n(CC(F)F)c1)c1cc(C#CC2CCCNC2)c(Cl)s1. The molecule has 1 saturated heterocycles. The van der Waals surface area contributed by atoms with Crippen molar-refractivity contribution in [3.05, 3.63) is 49.3 Å². The van der Waals surface area contributed by atoms with Gasteiger partial charge in [-0.1, -0.05) is 23.4 Å². The number of carbonyl (C=O) groups excluding carboxylic acids is 1. The molecule has 154 valence electrons. The van der Waals surface area contributed by atoms with Crippen molar-refractivity contribution >= 4 is 34.5 Å².